The van der Waals surface area contributed by atoms with E-state index in [0.717, 1.165) is 0 Å². The van der Waals surface area contributed by atoms with Crippen LogP contribution in [0.15, 0.2) is 12.1 Å². The Morgan fingerprint density at radius 3 is 2.57 bits per heavy atom. The lowest BCUT2D eigenvalue weighted by molar-refractivity contribution is 0.112. The van der Waals surface area contributed by atoms with Gasteiger partial charge in [0.1, 0.15) is 5.75 Å². The van der Waals surface area contributed by atoms with Crippen molar-refractivity contribution >= 4 is 30.5 Å². The molecule has 0 heterocycles. The van der Waals surface area contributed by atoms with E-state index in [2.05, 4.69) is 0 Å². The summed E-state index contributed by atoms with van der Waals surface area (Å²) >= 11 is 5.72. The molecule has 0 spiro atoms. The van der Waals surface area contributed by atoms with Gasteiger partial charge in [0.05, 0.1) is 17.7 Å². The number of hydrogen-bond donors (Lipinski definition) is 2. The van der Waals surface area contributed by atoms with Gasteiger partial charge in [-0.1, -0.05) is 11.6 Å². The molecule has 0 aliphatic rings. The Morgan fingerprint density at radius 2 is 2.14 bits per heavy atom. The molecule has 0 saturated heterocycles. The summed E-state index contributed by atoms with van der Waals surface area (Å²) in [6, 6.07) is 2.65. The van der Waals surface area contributed by atoms with Gasteiger partial charge < -0.3 is 14.8 Å². The van der Waals surface area contributed by atoms with E-state index < -0.39 is 7.12 Å². The molecule has 1 rings (SSSR count). The average molecular weight is 214 g/mol. The van der Waals surface area contributed by atoms with Gasteiger partial charge in [-0.05, 0) is 17.6 Å². The molecule has 0 amide bonds. The Hall–Kier alpha value is -1.04. The second kappa shape index (κ2) is 4.46. The van der Waals surface area contributed by atoms with Gasteiger partial charge in [0.15, 0.2) is 6.29 Å². The summed E-state index contributed by atoms with van der Waals surface area (Å²) in [5.41, 5.74) is 0.371. The van der Waals surface area contributed by atoms with E-state index in [9.17, 15) is 4.79 Å². The first-order valence-corrected chi connectivity index (χ1v) is 4.16. The van der Waals surface area contributed by atoms with Gasteiger partial charge in [0.2, 0.25) is 0 Å². The SMILES string of the molecule is COc1cc(B(O)O)cc(Cl)c1C=O. The lowest BCUT2D eigenvalue weighted by Crippen LogP contribution is -2.30. The highest BCUT2D eigenvalue weighted by Gasteiger charge is 2.16. The fourth-order valence-corrected chi connectivity index (χ4v) is 1.31. The Morgan fingerprint density at radius 1 is 1.50 bits per heavy atom. The molecule has 14 heavy (non-hydrogen) atoms. The van der Waals surface area contributed by atoms with Gasteiger partial charge in [-0.2, -0.15) is 0 Å². The zero-order valence-electron chi connectivity index (χ0n) is 7.40. The monoisotopic (exact) mass is 214 g/mol. The van der Waals surface area contributed by atoms with Gasteiger partial charge in [-0.3, -0.25) is 4.79 Å². The minimum atomic E-state index is -1.64. The first-order valence-electron chi connectivity index (χ1n) is 3.79. The number of halogens is 1. The number of methoxy groups -OCH3 is 1. The van der Waals surface area contributed by atoms with Crippen molar-refractivity contribution in [2.75, 3.05) is 7.11 Å². The number of carbonyl (C=O) groups excluding carboxylic acids is 1. The highest BCUT2D eigenvalue weighted by atomic mass is 35.5. The molecule has 1 aromatic rings. The quantitative estimate of drug-likeness (QED) is 0.542. The van der Waals surface area contributed by atoms with Crippen LogP contribution in [0, 0.1) is 0 Å². The summed E-state index contributed by atoms with van der Waals surface area (Å²) < 4.78 is 4.87. The number of rotatable bonds is 3. The van der Waals surface area contributed by atoms with Gasteiger partial charge >= 0.3 is 7.12 Å². The second-order valence-corrected chi connectivity index (χ2v) is 3.02. The van der Waals surface area contributed by atoms with Crippen molar-refractivity contribution in [3.63, 3.8) is 0 Å². The van der Waals surface area contributed by atoms with Crippen molar-refractivity contribution in [2.24, 2.45) is 0 Å². The van der Waals surface area contributed by atoms with E-state index in [1.54, 1.807) is 0 Å². The second-order valence-electron chi connectivity index (χ2n) is 2.61. The Bertz CT molecular complexity index is 353. The highest BCUT2D eigenvalue weighted by Crippen LogP contribution is 2.23. The van der Waals surface area contributed by atoms with Crippen LogP contribution in [-0.2, 0) is 0 Å². The van der Waals surface area contributed by atoms with Crippen LogP contribution in [0.1, 0.15) is 10.4 Å². The zero-order chi connectivity index (χ0) is 10.7. The average Bonchev–Trinajstić information content (AvgIpc) is 2.16. The maximum Gasteiger partial charge on any atom is 0.488 e. The molecule has 74 valence electrons. The van der Waals surface area contributed by atoms with Crippen molar-refractivity contribution in [2.45, 2.75) is 0 Å². The van der Waals surface area contributed by atoms with Crippen molar-refractivity contribution < 1.29 is 19.6 Å². The molecular formula is C8H8BClO4. The topological polar surface area (TPSA) is 66.8 Å². The first-order chi connectivity index (χ1) is 6.60. The highest BCUT2D eigenvalue weighted by molar-refractivity contribution is 6.59. The molecule has 0 fully saturated rings. The van der Waals surface area contributed by atoms with Crippen LogP contribution < -0.4 is 10.2 Å². The molecule has 6 heteroatoms. The summed E-state index contributed by atoms with van der Waals surface area (Å²) in [4.78, 5) is 10.6. The number of carbonyl (C=O) groups is 1. The molecule has 0 aliphatic carbocycles. The molecule has 0 aromatic heterocycles. The fraction of sp³-hybridized carbons (Fsp3) is 0.125. The lowest BCUT2D eigenvalue weighted by Gasteiger charge is -2.08. The third-order valence-electron chi connectivity index (χ3n) is 1.75. The normalized spacial score (nSPS) is 9.71. The molecule has 0 bridgehead atoms. The van der Waals surface area contributed by atoms with E-state index in [1.807, 2.05) is 0 Å². The predicted molar refractivity (Wildman–Crippen MR) is 53.2 cm³/mol. The molecule has 0 atom stereocenters. The minimum Gasteiger partial charge on any atom is -0.496 e. The van der Waals surface area contributed by atoms with Crippen molar-refractivity contribution in [1.29, 1.82) is 0 Å². The van der Waals surface area contributed by atoms with Gasteiger partial charge in [0, 0.05) is 0 Å². The van der Waals surface area contributed by atoms with Crippen LogP contribution in [0.2, 0.25) is 5.02 Å². The number of ether oxygens (including phenoxy) is 1. The Kier molecular flexibility index (Phi) is 3.52. The van der Waals surface area contributed by atoms with Gasteiger partial charge in [0.25, 0.3) is 0 Å². The van der Waals surface area contributed by atoms with E-state index in [1.165, 1.54) is 19.2 Å². The molecular weight excluding hydrogens is 206 g/mol. The molecule has 0 saturated carbocycles. The molecule has 0 unspecified atom stereocenters. The number of aldehydes is 1. The molecule has 0 aliphatic heterocycles. The van der Waals surface area contributed by atoms with Crippen molar-refractivity contribution in [1.82, 2.24) is 0 Å². The summed E-state index contributed by atoms with van der Waals surface area (Å²) in [6.07, 6.45) is 0.550. The maximum absolute atomic E-state index is 10.6. The number of hydrogen-bond acceptors (Lipinski definition) is 4. The summed E-state index contributed by atoms with van der Waals surface area (Å²) in [5, 5.41) is 17.9. The van der Waals surface area contributed by atoms with Crippen LogP contribution in [0.5, 0.6) is 5.75 Å². The van der Waals surface area contributed by atoms with Crippen LogP contribution in [0.25, 0.3) is 0 Å². The predicted octanol–water partition coefficient (Wildman–Crippen LogP) is -0.159. The van der Waals surface area contributed by atoms with Crippen LogP contribution >= 0.6 is 11.6 Å². The van der Waals surface area contributed by atoms with E-state index in [-0.39, 0.29) is 21.8 Å². The molecule has 4 nitrogen and oxygen atoms in total. The van der Waals surface area contributed by atoms with E-state index in [0.29, 0.717) is 6.29 Å². The Balaban J connectivity index is 3.31. The molecule has 2 N–H and O–H groups in total. The summed E-state index contributed by atoms with van der Waals surface area (Å²) in [7, 11) is -0.270. The number of benzene rings is 1. The van der Waals surface area contributed by atoms with Gasteiger partial charge in [-0.25, -0.2) is 0 Å². The largest absolute Gasteiger partial charge is 0.496 e. The standard InChI is InChI=1S/C8H8BClO4/c1-14-8-3-5(9(12)13)2-7(10)6(8)4-11/h2-4,12-13H,1H3. The molecule has 1 aromatic carbocycles. The lowest BCUT2D eigenvalue weighted by atomic mass is 9.80. The Labute approximate surface area is 86.2 Å². The summed E-state index contributed by atoms with van der Waals surface area (Å²) in [5.74, 6) is 0.218. The maximum atomic E-state index is 10.6. The van der Waals surface area contributed by atoms with Crippen LogP contribution in [-0.4, -0.2) is 30.6 Å². The summed E-state index contributed by atoms with van der Waals surface area (Å²) in [6.45, 7) is 0. The third-order valence-corrected chi connectivity index (χ3v) is 2.06. The van der Waals surface area contributed by atoms with Crippen molar-refractivity contribution in [3.05, 3.63) is 22.7 Å². The van der Waals surface area contributed by atoms with Gasteiger partial charge in [-0.15, -0.1) is 0 Å². The van der Waals surface area contributed by atoms with Crippen LogP contribution in [0.4, 0.5) is 0 Å². The smallest absolute Gasteiger partial charge is 0.488 e. The van der Waals surface area contributed by atoms with E-state index in [4.69, 9.17) is 26.4 Å². The van der Waals surface area contributed by atoms with Crippen molar-refractivity contribution in [3.8, 4) is 5.75 Å². The van der Waals surface area contributed by atoms with E-state index >= 15 is 0 Å². The first kappa shape index (κ1) is 11.0. The molecule has 0 radical (unpaired) electrons. The zero-order valence-corrected chi connectivity index (χ0v) is 8.15. The minimum absolute atomic E-state index is 0.127. The fourth-order valence-electron chi connectivity index (χ4n) is 1.04. The van der Waals surface area contributed by atoms with Crippen LogP contribution in [0.3, 0.4) is 0 Å². The third kappa shape index (κ3) is 2.06.